The molecule has 2 amide bonds. The number of hydrogen-bond acceptors (Lipinski definition) is 4. The highest BCUT2D eigenvalue weighted by Crippen LogP contribution is 2.25. The largest absolute Gasteiger partial charge is 0.349 e. The van der Waals surface area contributed by atoms with Crippen LogP contribution in [0.3, 0.4) is 0 Å². The lowest BCUT2D eigenvalue weighted by Gasteiger charge is -2.31. The van der Waals surface area contributed by atoms with E-state index < -0.39 is 0 Å². The molecular formula is C29H28N4O2S. The number of carbonyl (C=O) groups is 2. The van der Waals surface area contributed by atoms with Crippen molar-refractivity contribution in [2.24, 2.45) is 0 Å². The smallest absolute Gasteiger partial charge is 0.252 e. The summed E-state index contributed by atoms with van der Waals surface area (Å²) in [6.45, 7) is 3.29. The predicted molar refractivity (Wildman–Crippen MR) is 144 cm³/mol. The molecule has 1 aliphatic rings. The molecule has 36 heavy (non-hydrogen) atoms. The number of benzene rings is 2. The van der Waals surface area contributed by atoms with Crippen molar-refractivity contribution in [1.82, 2.24) is 20.0 Å². The van der Waals surface area contributed by atoms with Crippen LogP contribution in [0.2, 0.25) is 0 Å². The Morgan fingerprint density at radius 2 is 1.78 bits per heavy atom. The van der Waals surface area contributed by atoms with E-state index in [0.717, 1.165) is 35.3 Å². The Labute approximate surface area is 214 Å². The fraction of sp³-hybridized carbons (Fsp3) is 0.207. The number of nitrogens with one attached hydrogen (secondary N) is 1. The number of aryl methyl sites for hydroxylation is 1. The summed E-state index contributed by atoms with van der Waals surface area (Å²) in [6, 6.07) is 20.1. The Morgan fingerprint density at radius 1 is 1.03 bits per heavy atom. The summed E-state index contributed by atoms with van der Waals surface area (Å²) in [6.07, 6.45) is 6.94. The van der Waals surface area contributed by atoms with Gasteiger partial charge in [-0.05, 0) is 49.4 Å². The number of hydrogen-bond donors (Lipinski definition) is 1. The van der Waals surface area contributed by atoms with Gasteiger partial charge in [0.15, 0.2) is 0 Å². The molecule has 3 heterocycles. The maximum absolute atomic E-state index is 13.0. The molecule has 0 spiro atoms. The first-order valence-corrected chi connectivity index (χ1v) is 13.0. The summed E-state index contributed by atoms with van der Waals surface area (Å²) >= 11 is 1.51. The molecule has 0 aliphatic carbocycles. The Balaban J connectivity index is 1.28. The van der Waals surface area contributed by atoms with E-state index in [1.807, 2.05) is 69.0 Å². The molecule has 1 aliphatic heterocycles. The van der Waals surface area contributed by atoms with Crippen molar-refractivity contribution in [2.45, 2.75) is 25.8 Å². The summed E-state index contributed by atoms with van der Waals surface area (Å²) in [5.41, 5.74) is 5.56. The highest BCUT2D eigenvalue weighted by Gasteiger charge is 2.23. The molecule has 2 aromatic heterocycles. The third kappa shape index (κ3) is 5.47. The van der Waals surface area contributed by atoms with Crippen LogP contribution in [0.25, 0.3) is 23.0 Å². The topological polar surface area (TPSA) is 67.2 Å². The van der Waals surface area contributed by atoms with Crippen LogP contribution in [0.1, 0.15) is 34.3 Å². The molecule has 1 fully saturated rings. The molecular weight excluding hydrogens is 468 g/mol. The molecule has 5 rings (SSSR count). The van der Waals surface area contributed by atoms with E-state index in [2.05, 4.69) is 36.5 Å². The standard InChI is InChI=1S/C29H28N4O2S/c1-21-7-9-22(10-8-21)28-23(19-33(31-28)26-5-3-2-4-6-26)11-12-27(34)32-16-13-25(14-17-32)30-29(35)24-15-18-36-20-24/h2-12,15,18-20,25H,13-14,16-17H2,1H3,(H,30,35). The van der Waals surface area contributed by atoms with Crippen molar-refractivity contribution in [3.05, 3.63) is 100 Å². The van der Waals surface area contributed by atoms with Crippen molar-refractivity contribution in [1.29, 1.82) is 0 Å². The van der Waals surface area contributed by atoms with Gasteiger partial charge in [0, 0.05) is 53.5 Å². The molecule has 0 atom stereocenters. The summed E-state index contributed by atoms with van der Waals surface area (Å²) in [4.78, 5) is 27.1. The maximum atomic E-state index is 13.0. The van der Waals surface area contributed by atoms with Gasteiger partial charge in [0.2, 0.25) is 5.91 Å². The fourth-order valence-electron chi connectivity index (χ4n) is 4.33. The number of carbonyl (C=O) groups excluding carboxylic acids is 2. The van der Waals surface area contributed by atoms with E-state index >= 15 is 0 Å². The number of likely N-dealkylation sites (tertiary alicyclic amines) is 1. The first kappa shape index (κ1) is 23.8. The number of aromatic nitrogens is 2. The lowest BCUT2D eigenvalue weighted by atomic mass is 10.0. The van der Waals surface area contributed by atoms with Gasteiger partial charge >= 0.3 is 0 Å². The molecule has 0 bridgehead atoms. The molecule has 0 saturated carbocycles. The van der Waals surface area contributed by atoms with Gasteiger partial charge in [-0.3, -0.25) is 9.59 Å². The zero-order chi connectivity index (χ0) is 24.9. The molecule has 7 heteroatoms. The van der Waals surface area contributed by atoms with Crippen LogP contribution in [0.4, 0.5) is 0 Å². The minimum atomic E-state index is -0.0417. The van der Waals surface area contributed by atoms with E-state index in [9.17, 15) is 9.59 Å². The van der Waals surface area contributed by atoms with Crippen LogP contribution in [0, 0.1) is 6.92 Å². The fourth-order valence-corrected chi connectivity index (χ4v) is 4.97. The van der Waals surface area contributed by atoms with Crippen LogP contribution in [0.15, 0.2) is 83.7 Å². The Kier molecular flexibility index (Phi) is 7.09. The zero-order valence-corrected chi connectivity index (χ0v) is 20.9. The molecule has 2 aromatic carbocycles. The van der Waals surface area contributed by atoms with Crippen LogP contribution in [-0.2, 0) is 4.79 Å². The summed E-state index contributed by atoms with van der Waals surface area (Å²) in [5, 5.41) is 11.7. The second kappa shape index (κ2) is 10.7. The van der Waals surface area contributed by atoms with Gasteiger partial charge in [0.05, 0.1) is 11.4 Å². The maximum Gasteiger partial charge on any atom is 0.252 e. The molecule has 6 nitrogen and oxygen atoms in total. The zero-order valence-electron chi connectivity index (χ0n) is 20.1. The molecule has 182 valence electrons. The lowest BCUT2D eigenvalue weighted by molar-refractivity contribution is -0.126. The van der Waals surface area contributed by atoms with Crippen molar-refractivity contribution in [3.63, 3.8) is 0 Å². The molecule has 0 unspecified atom stereocenters. The number of thiophene rings is 1. The van der Waals surface area contributed by atoms with Crippen LogP contribution < -0.4 is 5.32 Å². The van der Waals surface area contributed by atoms with Crippen molar-refractivity contribution >= 4 is 29.2 Å². The second-order valence-corrected chi connectivity index (χ2v) is 9.78. The van der Waals surface area contributed by atoms with Gasteiger partial charge in [0.25, 0.3) is 5.91 Å². The highest BCUT2D eigenvalue weighted by molar-refractivity contribution is 7.08. The van der Waals surface area contributed by atoms with Gasteiger partial charge in [-0.1, -0.05) is 48.0 Å². The summed E-state index contributed by atoms with van der Waals surface area (Å²) < 4.78 is 1.85. The average Bonchev–Trinajstić information content (AvgIpc) is 3.60. The quantitative estimate of drug-likeness (QED) is 0.366. The van der Waals surface area contributed by atoms with Crippen LogP contribution in [-0.4, -0.2) is 45.6 Å². The van der Waals surface area contributed by atoms with Crippen molar-refractivity contribution in [2.75, 3.05) is 13.1 Å². The number of para-hydroxylation sites is 1. The predicted octanol–water partition coefficient (Wildman–Crippen LogP) is 5.34. The molecule has 1 saturated heterocycles. The number of nitrogens with zero attached hydrogens (tertiary/aromatic N) is 3. The Morgan fingerprint density at radius 3 is 2.47 bits per heavy atom. The number of piperidine rings is 1. The van der Waals surface area contributed by atoms with Crippen LogP contribution >= 0.6 is 11.3 Å². The summed E-state index contributed by atoms with van der Waals surface area (Å²) in [5.74, 6) is -0.0695. The van der Waals surface area contributed by atoms with Gasteiger partial charge < -0.3 is 10.2 Å². The molecule has 1 N–H and O–H groups in total. The summed E-state index contributed by atoms with van der Waals surface area (Å²) in [7, 11) is 0. The van der Waals surface area contributed by atoms with E-state index in [-0.39, 0.29) is 17.9 Å². The minimum Gasteiger partial charge on any atom is -0.349 e. The average molecular weight is 497 g/mol. The van der Waals surface area contributed by atoms with Gasteiger partial charge in [-0.2, -0.15) is 16.4 Å². The molecule has 0 radical (unpaired) electrons. The second-order valence-electron chi connectivity index (χ2n) is 9.00. The number of amides is 2. The highest BCUT2D eigenvalue weighted by atomic mass is 32.1. The van der Waals surface area contributed by atoms with Gasteiger partial charge in [-0.25, -0.2) is 4.68 Å². The van der Waals surface area contributed by atoms with Crippen molar-refractivity contribution < 1.29 is 9.59 Å². The lowest BCUT2D eigenvalue weighted by Crippen LogP contribution is -2.46. The number of rotatable bonds is 6. The normalized spacial score (nSPS) is 14.3. The third-order valence-electron chi connectivity index (χ3n) is 6.42. The van der Waals surface area contributed by atoms with Gasteiger partial charge in [-0.15, -0.1) is 0 Å². The Hall–Kier alpha value is -3.97. The van der Waals surface area contributed by atoms with Crippen LogP contribution in [0.5, 0.6) is 0 Å². The monoisotopic (exact) mass is 496 g/mol. The van der Waals surface area contributed by atoms with E-state index in [1.54, 1.807) is 6.08 Å². The first-order chi connectivity index (χ1) is 17.6. The van der Waals surface area contributed by atoms with E-state index in [1.165, 1.54) is 16.9 Å². The van der Waals surface area contributed by atoms with Gasteiger partial charge in [0.1, 0.15) is 0 Å². The minimum absolute atomic E-state index is 0.0278. The Bertz CT molecular complexity index is 1350. The first-order valence-electron chi connectivity index (χ1n) is 12.1. The van der Waals surface area contributed by atoms with E-state index in [4.69, 9.17) is 5.10 Å². The van der Waals surface area contributed by atoms with Crippen molar-refractivity contribution in [3.8, 4) is 16.9 Å². The molecule has 4 aromatic rings. The SMILES string of the molecule is Cc1ccc(-c2nn(-c3ccccc3)cc2C=CC(=O)N2CCC(NC(=O)c3ccsc3)CC2)cc1. The third-order valence-corrected chi connectivity index (χ3v) is 7.10. The van der Waals surface area contributed by atoms with E-state index in [0.29, 0.717) is 18.7 Å².